The van der Waals surface area contributed by atoms with Crippen molar-refractivity contribution < 1.29 is 9.59 Å². The Morgan fingerprint density at radius 1 is 1.04 bits per heavy atom. The van der Waals surface area contributed by atoms with E-state index in [1.165, 1.54) is 12.8 Å². The van der Waals surface area contributed by atoms with Crippen molar-refractivity contribution in [2.45, 2.75) is 32.6 Å². The highest BCUT2D eigenvalue weighted by molar-refractivity contribution is 6.30. The summed E-state index contributed by atoms with van der Waals surface area (Å²) < 4.78 is 0. The first-order valence-corrected chi connectivity index (χ1v) is 10.4. The van der Waals surface area contributed by atoms with Crippen LogP contribution in [0.4, 0.5) is 0 Å². The van der Waals surface area contributed by atoms with E-state index < -0.39 is 0 Å². The molecule has 0 aromatic heterocycles. The maximum absolute atomic E-state index is 12.6. The Kier molecular flexibility index (Phi) is 9.06. The first-order chi connectivity index (χ1) is 13.0. The van der Waals surface area contributed by atoms with Crippen LogP contribution < -0.4 is 5.32 Å². The second kappa shape index (κ2) is 11.0. The monoisotopic (exact) mass is 427 g/mol. The van der Waals surface area contributed by atoms with Crippen LogP contribution in [0.5, 0.6) is 0 Å². The van der Waals surface area contributed by atoms with Crippen molar-refractivity contribution in [1.29, 1.82) is 0 Å². The van der Waals surface area contributed by atoms with E-state index in [4.69, 9.17) is 11.6 Å². The van der Waals surface area contributed by atoms with Gasteiger partial charge in [0.25, 0.3) is 0 Å². The SMILES string of the molecule is CC(CC(=O)N1CCN(C(=O)Cc2ccc(Cl)cc2)CC1)C1CCNCC1.Cl. The zero-order valence-electron chi connectivity index (χ0n) is 16.5. The Labute approximate surface area is 179 Å². The first kappa shape index (κ1) is 23.0. The third-order valence-electron chi connectivity index (χ3n) is 5.94. The second-order valence-corrected chi connectivity index (χ2v) is 8.27. The van der Waals surface area contributed by atoms with Gasteiger partial charge in [-0.2, -0.15) is 0 Å². The lowest BCUT2D eigenvalue weighted by Gasteiger charge is -2.36. The van der Waals surface area contributed by atoms with Crippen molar-refractivity contribution >= 4 is 35.8 Å². The van der Waals surface area contributed by atoms with E-state index in [1.807, 2.05) is 34.1 Å². The minimum atomic E-state index is 0. The molecule has 3 rings (SSSR count). The third-order valence-corrected chi connectivity index (χ3v) is 6.19. The first-order valence-electron chi connectivity index (χ1n) is 10.0. The van der Waals surface area contributed by atoms with Crippen LogP contribution in [0.15, 0.2) is 24.3 Å². The highest BCUT2D eigenvalue weighted by Gasteiger charge is 2.27. The molecule has 156 valence electrons. The number of halogens is 2. The van der Waals surface area contributed by atoms with Crippen molar-refractivity contribution in [3.05, 3.63) is 34.9 Å². The number of piperidine rings is 1. The number of carbonyl (C=O) groups excluding carboxylic acids is 2. The van der Waals surface area contributed by atoms with E-state index in [-0.39, 0.29) is 24.2 Å². The van der Waals surface area contributed by atoms with Crippen molar-refractivity contribution in [1.82, 2.24) is 15.1 Å². The lowest BCUT2D eigenvalue weighted by molar-refractivity contribution is -0.140. The topological polar surface area (TPSA) is 52.7 Å². The summed E-state index contributed by atoms with van der Waals surface area (Å²) in [5.74, 6) is 1.44. The zero-order valence-corrected chi connectivity index (χ0v) is 18.1. The quantitative estimate of drug-likeness (QED) is 0.785. The highest BCUT2D eigenvalue weighted by atomic mass is 35.5. The molecule has 2 amide bonds. The van der Waals surface area contributed by atoms with Crippen molar-refractivity contribution in [3.63, 3.8) is 0 Å². The van der Waals surface area contributed by atoms with Crippen LogP contribution in [0.3, 0.4) is 0 Å². The number of benzene rings is 1. The van der Waals surface area contributed by atoms with Crippen molar-refractivity contribution in [2.75, 3.05) is 39.3 Å². The highest BCUT2D eigenvalue weighted by Crippen LogP contribution is 2.25. The Bertz CT molecular complexity index is 640. The van der Waals surface area contributed by atoms with Gasteiger partial charge in [0.05, 0.1) is 6.42 Å². The molecule has 2 heterocycles. The molecule has 2 aliphatic rings. The maximum Gasteiger partial charge on any atom is 0.227 e. The second-order valence-electron chi connectivity index (χ2n) is 7.83. The summed E-state index contributed by atoms with van der Waals surface area (Å²) in [7, 11) is 0. The number of carbonyl (C=O) groups is 2. The molecule has 1 aromatic carbocycles. The Morgan fingerprint density at radius 2 is 1.57 bits per heavy atom. The molecule has 0 aliphatic carbocycles. The molecule has 0 radical (unpaired) electrons. The number of nitrogens with zero attached hydrogens (tertiary/aromatic N) is 2. The summed E-state index contributed by atoms with van der Waals surface area (Å²) in [6.45, 7) is 6.88. The number of rotatable bonds is 5. The Morgan fingerprint density at radius 3 is 2.14 bits per heavy atom. The molecular formula is C21H31Cl2N3O2. The van der Waals surface area contributed by atoms with E-state index in [2.05, 4.69) is 12.2 Å². The van der Waals surface area contributed by atoms with Gasteiger partial charge in [0.2, 0.25) is 11.8 Å². The smallest absolute Gasteiger partial charge is 0.227 e. The molecule has 1 unspecified atom stereocenters. The third kappa shape index (κ3) is 6.36. The number of hydrogen-bond acceptors (Lipinski definition) is 3. The standard InChI is InChI=1S/C21H30ClN3O2.ClH/c1-16(18-6-8-23-9-7-18)14-20(26)24-10-12-25(13-11-24)21(27)15-17-2-4-19(22)5-3-17;/h2-5,16,18,23H,6-15H2,1H3;1H. The van der Waals surface area contributed by atoms with Crippen molar-refractivity contribution in [2.24, 2.45) is 11.8 Å². The van der Waals surface area contributed by atoms with Gasteiger partial charge in [-0.3, -0.25) is 9.59 Å². The molecule has 5 nitrogen and oxygen atoms in total. The molecule has 1 N–H and O–H groups in total. The summed E-state index contributed by atoms with van der Waals surface area (Å²) in [5, 5.41) is 4.06. The van der Waals surface area contributed by atoms with E-state index in [9.17, 15) is 9.59 Å². The van der Waals surface area contributed by atoms with Gasteiger partial charge in [-0.05, 0) is 55.5 Å². The zero-order chi connectivity index (χ0) is 19.2. The maximum atomic E-state index is 12.6. The van der Waals surface area contributed by atoms with Gasteiger partial charge in [-0.25, -0.2) is 0 Å². The summed E-state index contributed by atoms with van der Waals surface area (Å²) in [5.41, 5.74) is 0.971. The van der Waals surface area contributed by atoms with Crippen LogP contribution >= 0.6 is 24.0 Å². The lowest BCUT2D eigenvalue weighted by atomic mass is 9.84. The number of amides is 2. The molecule has 1 atom stereocenters. The summed E-state index contributed by atoms with van der Waals surface area (Å²) in [6, 6.07) is 7.40. The van der Waals surface area contributed by atoms with Gasteiger partial charge in [-0.15, -0.1) is 12.4 Å². The minimum Gasteiger partial charge on any atom is -0.339 e. The molecule has 28 heavy (non-hydrogen) atoms. The van der Waals surface area contributed by atoms with Gasteiger partial charge >= 0.3 is 0 Å². The lowest BCUT2D eigenvalue weighted by Crippen LogP contribution is -2.51. The minimum absolute atomic E-state index is 0. The Balaban J connectivity index is 0.00000280. The van der Waals surface area contributed by atoms with Crippen LogP contribution in [0, 0.1) is 11.8 Å². The summed E-state index contributed by atoms with van der Waals surface area (Å²) in [4.78, 5) is 28.9. The van der Waals surface area contributed by atoms with E-state index in [1.54, 1.807) is 0 Å². The van der Waals surface area contributed by atoms with Crippen LogP contribution in [0.1, 0.15) is 31.7 Å². The predicted molar refractivity (Wildman–Crippen MR) is 115 cm³/mol. The molecule has 2 fully saturated rings. The fourth-order valence-electron chi connectivity index (χ4n) is 4.08. The molecule has 1 aromatic rings. The van der Waals surface area contributed by atoms with Gasteiger partial charge < -0.3 is 15.1 Å². The van der Waals surface area contributed by atoms with Crippen molar-refractivity contribution in [3.8, 4) is 0 Å². The van der Waals surface area contributed by atoms with Crippen LogP contribution in [-0.4, -0.2) is 60.9 Å². The Hall–Kier alpha value is -1.30. The molecule has 7 heteroatoms. The normalized spacial score (nSPS) is 19.1. The molecule has 0 spiro atoms. The van der Waals surface area contributed by atoms with Gasteiger partial charge in [0.1, 0.15) is 0 Å². The van der Waals surface area contributed by atoms with Gasteiger partial charge in [-0.1, -0.05) is 30.7 Å². The van der Waals surface area contributed by atoms with E-state index in [0.717, 1.165) is 18.7 Å². The fourth-order valence-corrected chi connectivity index (χ4v) is 4.20. The number of hydrogen-bond donors (Lipinski definition) is 1. The fraction of sp³-hybridized carbons (Fsp3) is 0.619. The molecular weight excluding hydrogens is 397 g/mol. The molecule has 0 saturated carbocycles. The van der Waals surface area contributed by atoms with E-state index in [0.29, 0.717) is 55.9 Å². The summed E-state index contributed by atoms with van der Waals surface area (Å²) >= 11 is 5.89. The van der Waals surface area contributed by atoms with Crippen LogP contribution in [0.2, 0.25) is 5.02 Å². The van der Waals surface area contributed by atoms with Crippen LogP contribution in [-0.2, 0) is 16.0 Å². The predicted octanol–water partition coefficient (Wildman–Crippen LogP) is 3.00. The largest absolute Gasteiger partial charge is 0.339 e. The van der Waals surface area contributed by atoms with Crippen LogP contribution in [0.25, 0.3) is 0 Å². The number of piperazine rings is 1. The van der Waals surface area contributed by atoms with E-state index >= 15 is 0 Å². The summed E-state index contributed by atoms with van der Waals surface area (Å²) in [6.07, 6.45) is 3.35. The number of nitrogens with one attached hydrogen (secondary N) is 1. The molecule has 0 bridgehead atoms. The molecule has 2 aliphatic heterocycles. The van der Waals surface area contributed by atoms with Gasteiger partial charge in [0, 0.05) is 37.6 Å². The molecule has 2 saturated heterocycles. The average molecular weight is 428 g/mol. The average Bonchev–Trinajstić information content (AvgIpc) is 2.70. The van der Waals surface area contributed by atoms with Gasteiger partial charge in [0.15, 0.2) is 0 Å².